The highest BCUT2D eigenvalue weighted by molar-refractivity contribution is 5.48. The van der Waals surface area contributed by atoms with Gasteiger partial charge in [0.1, 0.15) is 17.4 Å². The lowest BCUT2D eigenvalue weighted by Crippen LogP contribution is -2.27. The van der Waals surface area contributed by atoms with Crippen LogP contribution in [0.25, 0.3) is 0 Å². The van der Waals surface area contributed by atoms with Crippen LogP contribution in [0.5, 0.6) is 5.75 Å². The Hall–Kier alpha value is -1.92. The molecule has 1 saturated heterocycles. The van der Waals surface area contributed by atoms with Crippen molar-refractivity contribution in [1.82, 2.24) is 25.0 Å². The Kier molecular flexibility index (Phi) is 5.19. The van der Waals surface area contributed by atoms with E-state index in [0.717, 1.165) is 56.5 Å². The van der Waals surface area contributed by atoms with E-state index in [1.807, 2.05) is 0 Å². The maximum absolute atomic E-state index is 5.54. The summed E-state index contributed by atoms with van der Waals surface area (Å²) < 4.78 is 7.91. The number of nitrogens with zero attached hydrogens (tertiary/aromatic N) is 4. The zero-order chi connectivity index (χ0) is 19.0. The van der Waals surface area contributed by atoms with E-state index in [1.165, 1.54) is 35.1 Å². The summed E-state index contributed by atoms with van der Waals surface area (Å²) >= 11 is 0. The average Bonchev–Trinajstić information content (AvgIpc) is 3.21. The highest BCUT2D eigenvalue weighted by Gasteiger charge is 2.32. The summed E-state index contributed by atoms with van der Waals surface area (Å²) in [5.41, 5.74) is 5.33. The predicted octanol–water partition coefficient (Wildman–Crippen LogP) is 2.69. The fraction of sp³-hybridized carbons (Fsp3) is 0.619. The Morgan fingerprint density at radius 1 is 1.15 bits per heavy atom. The molecule has 4 rings (SSSR count). The number of hydrogen-bond donors (Lipinski definition) is 1. The Labute approximate surface area is 161 Å². The monoisotopic (exact) mass is 369 g/mol. The standard InChI is InChI=1S/C21H31N5O/c1-14-12-19(27-4)16(3)15(2)17(14)13-25-10-5-6-18(25)21-24-23-20-7-8-22-9-11-26(20)21/h12,18,22H,5-11,13H2,1-4H3/t18-/m0/s1. The van der Waals surface area contributed by atoms with Crippen LogP contribution in [0.2, 0.25) is 0 Å². The van der Waals surface area contributed by atoms with Gasteiger partial charge in [0.25, 0.3) is 0 Å². The molecule has 3 heterocycles. The van der Waals surface area contributed by atoms with Crippen LogP contribution in [0.15, 0.2) is 6.07 Å². The van der Waals surface area contributed by atoms with Gasteiger partial charge in [-0.1, -0.05) is 0 Å². The number of fused-ring (bicyclic) bond motifs is 1. The number of nitrogens with one attached hydrogen (secondary N) is 1. The molecule has 2 aliphatic rings. The van der Waals surface area contributed by atoms with E-state index >= 15 is 0 Å². The molecule has 1 aromatic heterocycles. The number of methoxy groups -OCH3 is 1. The third-order valence-corrected chi connectivity index (χ3v) is 6.34. The van der Waals surface area contributed by atoms with E-state index in [9.17, 15) is 0 Å². The van der Waals surface area contributed by atoms with E-state index < -0.39 is 0 Å². The van der Waals surface area contributed by atoms with Crippen LogP contribution in [0.3, 0.4) is 0 Å². The molecular formula is C21H31N5O. The quantitative estimate of drug-likeness (QED) is 0.898. The van der Waals surface area contributed by atoms with Crippen molar-refractivity contribution in [3.05, 3.63) is 40.0 Å². The maximum atomic E-state index is 5.54. The predicted molar refractivity (Wildman–Crippen MR) is 106 cm³/mol. The normalized spacial score (nSPS) is 20.5. The topological polar surface area (TPSA) is 55.2 Å². The molecule has 27 heavy (non-hydrogen) atoms. The van der Waals surface area contributed by atoms with Crippen LogP contribution in [0.1, 0.15) is 52.8 Å². The first-order chi connectivity index (χ1) is 13.1. The number of ether oxygens (including phenoxy) is 1. The van der Waals surface area contributed by atoms with E-state index in [-0.39, 0.29) is 0 Å². The first-order valence-corrected chi connectivity index (χ1v) is 10.1. The molecule has 0 radical (unpaired) electrons. The minimum absolute atomic E-state index is 0.366. The highest BCUT2D eigenvalue weighted by atomic mass is 16.5. The lowest BCUT2D eigenvalue weighted by atomic mass is 9.96. The van der Waals surface area contributed by atoms with Crippen molar-refractivity contribution in [2.45, 2.75) is 59.2 Å². The molecule has 1 aromatic carbocycles. The van der Waals surface area contributed by atoms with Crippen molar-refractivity contribution in [2.24, 2.45) is 0 Å². The van der Waals surface area contributed by atoms with E-state index in [4.69, 9.17) is 4.74 Å². The third-order valence-electron chi connectivity index (χ3n) is 6.34. The van der Waals surface area contributed by atoms with Gasteiger partial charge in [-0.05, 0) is 68.5 Å². The second kappa shape index (κ2) is 7.60. The van der Waals surface area contributed by atoms with Gasteiger partial charge in [-0.15, -0.1) is 10.2 Å². The van der Waals surface area contributed by atoms with Gasteiger partial charge in [0, 0.05) is 32.6 Å². The van der Waals surface area contributed by atoms with Crippen molar-refractivity contribution in [1.29, 1.82) is 0 Å². The first-order valence-electron chi connectivity index (χ1n) is 10.1. The summed E-state index contributed by atoms with van der Waals surface area (Å²) in [4.78, 5) is 2.59. The number of likely N-dealkylation sites (tertiary alicyclic amines) is 1. The SMILES string of the molecule is COc1cc(C)c(CN2CCC[C@H]2c2nnc3n2CCNCC3)c(C)c1C. The molecule has 0 unspecified atom stereocenters. The summed E-state index contributed by atoms with van der Waals surface area (Å²) in [5, 5.41) is 12.6. The Bertz CT molecular complexity index is 828. The summed E-state index contributed by atoms with van der Waals surface area (Å²) in [6.45, 7) is 11.6. The van der Waals surface area contributed by atoms with Gasteiger partial charge in [-0.3, -0.25) is 4.90 Å². The van der Waals surface area contributed by atoms with Crippen LogP contribution in [-0.4, -0.2) is 46.4 Å². The van der Waals surface area contributed by atoms with E-state index in [1.54, 1.807) is 7.11 Å². The lowest BCUT2D eigenvalue weighted by molar-refractivity contribution is 0.233. The van der Waals surface area contributed by atoms with Gasteiger partial charge >= 0.3 is 0 Å². The molecule has 0 spiro atoms. The van der Waals surface area contributed by atoms with Gasteiger partial charge in [0.2, 0.25) is 0 Å². The second-order valence-electron chi connectivity index (χ2n) is 7.88. The van der Waals surface area contributed by atoms with Crippen LogP contribution >= 0.6 is 0 Å². The van der Waals surface area contributed by atoms with Gasteiger partial charge in [0.15, 0.2) is 0 Å². The summed E-state index contributed by atoms with van der Waals surface area (Å²) in [6, 6.07) is 2.54. The fourth-order valence-electron chi connectivity index (χ4n) is 4.61. The maximum Gasteiger partial charge on any atom is 0.150 e. The summed E-state index contributed by atoms with van der Waals surface area (Å²) in [6.07, 6.45) is 3.35. The molecule has 0 saturated carbocycles. The lowest BCUT2D eigenvalue weighted by Gasteiger charge is -2.27. The molecule has 0 aliphatic carbocycles. The van der Waals surface area contributed by atoms with Crippen LogP contribution in [-0.2, 0) is 19.5 Å². The van der Waals surface area contributed by atoms with Gasteiger partial charge in [0.05, 0.1) is 13.2 Å². The smallest absolute Gasteiger partial charge is 0.150 e. The van der Waals surface area contributed by atoms with Crippen molar-refractivity contribution in [3.63, 3.8) is 0 Å². The number of aromatic nitrogens is 3. The Balaban J connectivity index is 1.62. The summed E-state index contributed by atoms with van der Waals surface area (Å²) in [7, 11) is 1.75. The van der Waals surface area contributed by atoms with Gasteiger partial charge < -0.3 is 14.6 Å². The van der Waals surface area contributed by atoms with E-state index in [2.05, 4.69) is 51.8 Å². The molecule has 0 amide bonds. The molecule has 2 aromatic rings. The van der Waals surface area contributed by atoms with Crippen molar-refractivity contribution < 1.29 is 4.74 Å². The molecule has 1 N–H and O–H groups in total. The first kappa shape index (κ1) is 18.4. The van der Waals surface area contributed by atoms with Gasteiger partial charge in [-0.2, -0.15) is 0 Å². The number of aryl methyl sites for hydroxylation is 1. The zero-order valence-corrected chi connectivity index (χ0v) is 17.0. The second-order valence-corrected chi connectivity index (χ2v) is 7.88. The largest absolute Gasteiger partial charge is 0.496 e. The van der Waals surface area contributed by atoms with Crippen LogP contribution < -0.4 is 10.1 Å². The zero-order valence-electron chi connectivity index (χ0n) is 17.0. The van der Waals surface area contributed by atoms with Crippen LogP contribution in [0.4, 0.5) is 0 Å². The Morgan fingerprint density at radius 3 is 2.81 bits per heavy atom. The fourth-order valence-corrected chi connectivity index (χ4v) is 4.61. The van der Waals surface area contributed by atoms with E-state index in [0.29, 0.717) is 6.04 Å². The average molecular weight is 370 g/mol. The van der Waals surface area contributed by atoms with Crippen molar-refractivity contribution in [2.75, 3.05) is 26.7 Å². The third kappa shape index (κ3) is 3.36. The molecule has 2 aliphatic heterocycles. The number of hydrogen-bond acceptors (Lipinski definition) is 5. The number of rotatable bonds is 4. The molecule has 0 bridgehead atoms. The molecule has 6 heteroatoms. The van der Waals surface area contributed by atoms with Crippen LogP contribution in [0, 0.1) is 20.8 Å². The molecule has 146 valence electrons. The number of benzene rings is 1. The summed E-state index contributed by atoms with van der Waals surface area (Å²) in [5.74, 6) is 3.28. The van der Waals surface area contributed by atoms with Gasteiger partial charge in [-0.25, -0.2) is 0 Å². The minimum Gasteiger partial charge on any atom is -0.496 e. The molecule has 1 atom stereocenters. The minimum atomic E-state index is 0.366. The van der Waals surface area contributed by atoms with Crippen molar-refractivity contribution in [3.8, 4) is 5.75 Å². The highest BCUT2D eigenvalue weighted by Crippen LogP contribution is 2.35. The Morgan fingerprint density at radius 2 is 2.00 bits per heavy atom. The molecule has 6 nitrogen and oxygen atoms in total. The molecule has 1 fully saturated rings. The molecular weight excluding hydrogens is 338 g/mol. The van der Waals surface area contributed by atoms with Crippen molar-refractivity contribution >= 4 is 0 Å².